The molecular weight excluding hydrogens is 248 g/mol. The summed E-state index contributed by atoms with van der Waals surface area (Å²) in [6.45, 7) is -0.188. The van der Waals surface area contributed by atoms with Crippen molar-refractivity contribution in [3.8, 4) is 5.75 Å². The summed E-state index contributed by atoms with van der Waals surface area (Å²) in [6, 6.07) is 9.14. The Balaban J connectivity index is 2.07. The molecule has 0 saturated heterocycles. The van der Waals surface area contributed by atoms with Crippen LogP contribution in [0.1, 0.15) is 12.8 Å². The number of rotatable bonds is 5. The molecule has 5 heteroatoms. The minimum Gasteiger partial charge on any atom is -0.490 e. The van der Waals surface area contributed by atoms with Crippen molar-refractivity contribution in [2.45, 2.75) is 25.0 Å². The number of aliphatic hydroxyl groups is 2. The van der Waals surface area contributed by atoms with Crippen molar-refractivity contribution in [1.29, 1.82) is 0 Å². The van der Waals surface area contributed by atoms with Gasteiger partial charge in [0.2, 0.25) is 0 Å². The Kier molecular flexibility index (Phi) is 4.39. The first kappa shape index (κ1) is 13.8. The van der Waals surface area contributed by atoms with E-state index in [0.29, 0.717) is 12.2 Å². The first-order valence-corrected chi connectivity index (χ1v) is 6.34. The molecule has 1 fully saturated rings. The van der Waals surface area contributed by atoms with Crippen LogP contribution >= 0.6 is 0 Å². The maximum atomic E-state index is 10.8. The second kappa shape index (κ2) is 6.04. The van der Waals surface area contributed by atoms with E-state index in [1.165, 1.54) is 0 Å². The summed E-state index contributed by atoms with van der Waals surface area (Å²) in [5, 5.41) is 28.2. The highest BCUT2D eigenvalue weighted by Gasteiger charge is 2.44. The molecule has 2 rings (SSSR count). The number of aliphatic hydroxyl groups excluding tert-OH is 2. The lowest BCUT2D eigenvalue weighted by Crippen LogP contribution is -2.30. The molecule has 104 valence electrons. The van der Waals surface area contributed by atoms with Crippen LogP contribution in [0.15, 0.2) is 30.3 Å². The minimum atomic E-state index is -0.970. The first-order valence-electron chi connectivity index (χ1n) is 6.34. The number of carboxylic acid groups (broad SMARTS) is 1. The highest BCUT2D eigenvalue weighted by Crippen LogP contribution is 2.37. The highest BCUT2D eigenvalue weighted by atomic mass is 16.5. The standard InChI is InChI=1S/C14H18O5/c15-8-11-10(6-14(17)18)12(16)7-13(11)19-9-4-2-1-3-5-9/h1-5,10-13,15-16H,6-8H2,(H,17,18). The SMILES string of the molecule is O=C(O)CC1C(O)CC(Oc2ccccc2)C1CO. The van der Waals surface area contributed by atoms with Crippen molar-refractivity contribution in [1.82, 2.24) is 0 Å². The molecule has 1 aromatic carbocycles. The van der Waals surface area contributed by atoms with Gasteiger partial charge in [0, 0.05) is 24.9 Å². The van der Waals surface area contributed by atoms with E-state index in [1.54, 1.807) is 12.1 Å². The van der Waals surface area contributed by atoms with Gasteiger partial charge in [-0.25, -0.2) is 0 Å². The molecule has 1 aromatic rings. The van der Waals surface area contributed by atoms with E-state index in [1.807, 2.05) is 18.2 Å². The van der Waals surface area contributed by atoms with Crippen molar-refractivity contribution < 1.29 is 24.9 Å². The fourth-order valence-electron chi connectivity index (χ4n) is 2.70. The van der Waals surface area contributed by atoms with E-state index >= 15 is 0 Å². The van der Waals surface area contributed by atoms with Crippen LogP contribution in [0.2, 0.25) is 0 Å². The Labute approximate surface area is 111 Å². The molecule has 1 aliphatic carbocycles. The maximum absolute atomic E-state index is 10.8. The molecular formula is C14H18O5. The van der Waals surface area contributed by atoms with Crippen LogP contribution in [0, 0.1) is 11.8 Å². The lowest BCUT2D eigenvalue weighted by molar-refractivity contribution is -0.139. The van der Waals surface area contributed by atoms with Gasteiger partial charge in [-0.15, -0.1) is 0 Å². The van der Waals surface area contributed by atoms with Gasteiger partial charge in [-0.2, -0.15) is 0 Å². The largest absolute Gasteiger partial charge is 0.490 e. The Morgan fingerprint density at radius 2 is 1.95 bits per heavy atom. The molecule has 0 radical (unpaired) electrons. The average Bonchev–Trinajstić information content (AvgIpc) is 2.66. The van der Waals surface area contributed by atoms with Crippen LogP contribution in [0.5, 0.6) is 5.75 Å². The van der Waals surface area contributed by atoms with E-state index in [4.69, 9.17) is 9.84 Å². The van der Waals surface area contributed by atoms with E-state index in [-0.39, 0.29) is 25.0 Å². The molecule has 1 saturated carbocycles. The Morgan fingerprint density at radius 1 is 1.26 bits per heavy atom. The van der Waals surface area contributed by atoms with E-state index < -0.39 is 18.0 Å². The molecule has 0 aliphatic heterocycles. The topological polar surface area (TPSA) is 87.0 Å². The molecule has 3 N–H and O–H groups in total. The van der Waals surface area contributed by atoms with E-state index in [9.17, 15) is 15.0 Å². The molecule has 0 aromatic heterocycles. The van der Waals surface area contributed by atoms with Crippen molar-refractivity contribution >= 4 is 5.97 Å². The zero-order valence-corrected chi connectivity index (χ0v) is 10.5. The summed E-state index contributed by atoms with van der Waals surface area (Å²) in [6.07, 6.45) is -0.909. The number of para-hydroxylation sites is 1. The lowest BCUT2D eigenvalue weighted by Gasteiger charge is -2.23. The summed E-state index contributed by atoms with van der Waals surface area (Å²) >= 11 is 0. The Hall–Kier alpha value is -1.59. The fraction of sp³-hybridized carbons (Fsp3) is 0.500. The van der Waals surface area contributed by atoms with Crippen LogP contribution < -0.4 is 4.74 Å². The molecule has 4 atom stereocenters. The first-order chi connectivity index (χ1) is 9.11. The molecule has 0 heterocycles. The van der Waals surface area contributed by atoms with Crippen LogP contribution in [0.3, 0.4) is 0 Å². The van der Waals surface area contributed by atoms with Crippen molar-refractivity contribution in [3.63, 3.8) is 0 Å². The number of carbonyl (C=O) groups is 1. The Bertz CT molecular complexity index is 419. The number of carboxylic acids is 1. The van der Waals surface area contributed by atoms with E-state index in [0.717, 1.165) is 0 Å². The van der Waals surface area contributed by atoms with Crippen LogP contribution in [0.25, 0.3) is 0 Å². The van der Waals surface area contributed by atoms with Gasteiger partial charge in [-0.3, -0.25) is 4.79 Å². The summed E-state index contributed by atoms with van der Waals surface area (Å²) in [7, 11) is 0. The van der Waals surface area contributed by atoms with Crippen molar-refractivity contribution in [3.05, 3.63) is 30.3 Å². The second-order valence-corrected chi connectivity index (χ2v) is 4.88. The average molecular weight is 266 g/mol. The quantitative estimate of drug-likeness (QED) is 0.737. The molecule has 19 heavy (non-hydrogen) atoms. The normalized spacial score (nSPS) is 30.2. The number of hydrogen-bond acceptors (Lipinski definition) is 4. The van der Waals surface area contributed by atoms with Gasteiger partial charge in [0.15, 0.2) is 0 Å². The fourth-order valence-corrected chi connectivity index (χ4v) is 2.70. The molecule has 0 amide bonds. The van der Waals surface area contributed by atoms with Gasteiger partial charge >= 0.3 is 5.97 Å². The van der Waals surface area contributed by atoms with Crippen molar-refractivity contribution in [2.75, 3.05) is 6.61 Å². The summed E-state index contributed by atoms with van der Waals surface area (Å²) in [5.74, 6) is -1.13. The third-order valence-electron chi connectivity index (χ3n) is 3.65. The van der Waals surface area contributed by atoms with Crippen molar-refractivity contribution in [2.24, 2.45) is 11.8 Å². The third-order valence-corrected chi connectivity index (χ3v) is 3.65. The van der Waals surface area contributed by atoms with Gasteiger partial charge in [0.05, 0.1) is 12.5 Å². The second-order valence-electron chi connectivity index (χ2n) is 4.88. The zero-order valence-electron chi connectivity index (χ0n) is 10.5. The lowest BCUT2D eigenvalue weighted by atomic mass is 9.91. The molecule has 5 nitrogen and oxygen atoms in total. The number of aliphatic carboxylic acids is 1. The zero-order chi connectivity index (χ0) is 13.8. The third kappa shape index (κ3) is 3.24. The molecule has 0 bridgehead atoms. The molecule has 4 unspecified atom stereocenters. The van der Waals surface area contributed by atoms with Gasteiger partial charge in [0.1, 0.15) is 11.9 Å². The predicted molar refractivity (Wildman–Crippen MR) is 67.8 cm³/mol. The summed E-state index contributed by atoms with van der Waals surface area (Å²) < 4.78 is 5.75. The molecule has 0 spiro atoms. The summed E-state index contributed by atoms with van der Waals surface area (Å²) in [4.78, 5) is 10.8. The van der Waals surface area contributed by atoms with Crippen LogP contribution in [0.4, 0.5) is 0 Å². The smallest absolute Gasteiger partial charge is 0.303 e. The van der Waals surface area contributed by atoms with Gasteiger partial charge in [-0.05, 0) is 12.1 Å². The monoisotopic (exact) mass is 266 g/mol. The van der Waals surface area contributed by atoms with Gasteiger partial charge in [-0.1, -0.05) is 18.2 Å². The van der Waals surface area contributed by atoms with Crippen LogP contribution in [-0.4, -0.2) is 40.1 Å². The Morgan fingerprint density at radius 3 is 2.53 bits per heavy atom. The number of ether oxygens (including phenoxy) is 1. The van der Waals surface area contributed by atoms with Gasteiger partial charge < -0.3 is 20.1 Å². The number of hydrogen-bond donors (Lipinski definition) is 3. The number of benzene rings is 1. The summed E-state index contributed by atoms with van der Waals surface area (Å²) in [5.41, 5.74) is 0. The molecule has 1 aliphatic rings. The predicted octanol–water partition coefficient (Wildman–Crippen LogP) is 0.898. The highest BCUT2D eigenvalue weighted by molar-refractivity contribution is 5.67. The van der Waals surface area contributed by atoms with Gasteiger partial charge in [0.25, 0.3) is 0 Å². The maximum Gasteiger partial charge on any atom is 0.303 e. The van der Waals surface area contributed by atoms with E-state index in [2.05, 4.69) is 0 Å². The minimum absolute atomic E-state index is 0.152. The van der Waals surface area contributed by atoms with Crippen LogP contribution in [-0.2, 0) is 4.79 Å².